The van der Waals surface area contributed by atoms with Gasteiger partial charge in [0.15, 0.2) is 15.7 Å². The highest BCUT2D eigenvalue weighted by atomic mass is 35.5. The van der Waals surface area contributed by atoms with Gasteiger partial charge in [0.05, 0.1) is 39.2 Å². The predicted octanol–water partition coefficient (Wildman–Crippen LogP) is 5.75. The molecule has 4 aliphatic rings. The van der Waals surface area contributed by atoms with E-state index in [-0.39, 0.29) is 40.7 Å². The Kier molecular flexibility index (Phi) is 7.45. The number of aromatic amines is 1. The third-order valence-electron chi connectivity index (χ3n) is 10.6. The number of sulfone groups is 1. The zero-order chi connectivity index (χ0) is 32.6. The third-order valence-corrected chi connectivity index (χ3v) is 12.8. The quantitative estimate of drug-likeness (QED) is 0.271. The summed E-state index contributed by atoms with van der Waals surface area (Å²) in [6.45, 7) is 4.33. The minimum atomic E-state index is -3.13. The Bertz CT molecular complexity index is 2040. The number of ether oxygens (including phenoxy) is 1. The van der Waals surface area contributed by atoms with E-state index in [9.17, 15) is 12.8 Å². The highest BCUT2D eigenvalue weighted by Crippen LogP contribution is 2.45. The summed E-state index contributed by atoms with van der Waals surface area (Å²) in [5.41, 5.74) is 0.982. The molecule has 0 unspecified atom stereocenters. The number of rotatable bonds is 6. The molecule has 3 atom stereocenters. The molecule has 4 saturated heterocycles. The maximum Gasteiger partial charge on any atom is 0.319 e. The van der Waals surface area contributed by atoms with Gasteiger partial charge in [-0.2, -0.15) is 15.1 Å². The number of benzene rings is 1. The van der Waals surface area contributed by atoms with Gasteiger partial charge in [0, 0.05) is 54.2 Å². The molecule has 248 valence electrons. The first-order valence-electron chi connectivity index (χ1n) is 16.2. The van der Waals surface area contributed by atoms with Crippen LogP contribution in [0.2, 0.25) is 5.02 Å². The number of nitrogens with zero attached hydrogens (tertiary/aromatic N) is 6. The minimum Gasteiger partial charge on any atom is -0.461 e. The number of H-pyrrole nitrogens is 1. The fourth-order valence-electron chi connectivity index (χ4n) is 8.50. The summed E-state index contributed by atoms with van der Waals surface area (Å²) in [6, 6.07) is 1.75. The predicted molar refractivity (Wildman–Crippen MR) is 178 cm³/mol. The van der Waals surface area contributed by atoms with Gasteiger partial charge in [-0.25, -0.2) is 17.2 Å². The minimum absolute atomic E-state index is 0.000945. The zero-order valence-electron chi connectivity index (χ0n) is 26.1. The second kappa shape index (κ2) is 11.3. The van der Waals surface area contributed by atoms with Crippen molar-refractivity contribution in [2.45, 2.75) is 57.2 Å². The molecule has 10 nitrogen and oxygen atoms in total. The summed E-state index contributed by atoms with van der Waals surface area (Å²) in [4.78, 5) is 18.3. The van der Waals surface area contributed by atoms with Gasteiger partial charge in [0.2, 0.25) is 0 Å². The number of anilines is 1. The van der Waals surface area contributed by atoms with E-state index in [1.807, 2.05) is 24.0 Å². The summed E-state index contributed by atoms with van der Waals surface area (Å²) in [6.07, 6.45) is 10.2. The van der Waals surface area contributed by atoms with Crippen molar-refractivity contribution in [2.24, 2.45) is 5.41 Å². The van der Waals surface area contributed by atoms with Crippen LogP contribution in [0, 0.1) is 11.2 Å². The van der Waals surface area contributed by atoms with Crippen LogP contribution in [0.1, 0.15) is 51.0 Å². The molecule has 4 fully saturated rings. The lowest BCUT2D eigenvalue weighted by molar-refractivity contribution is 0.107. The van der Waals surface area contributed by atoms with E-state index < -0.39 is 27.4 Å². The summed E-state index contributed by atoms with van der Waals surface area (Å²) in [5.74, 6) is 0.0949. The average Bonchev–Trinajstić information content (AvgIpc) is 3.79. The van der Waals surface area contributed by atoms with E-state index in [1.54, 1.807) is 18.5 Å². The second-order valence-electron chi connectivity index (χ2n) is 13.7. The van der Waals surface area contributed by atoms with E-state index >= 15 is 4.39 Å². The van der Waals surface area contributed by atoms with Crippen LogP contribution < -0.4 is 9.64 Å². The zero-order valence-corrected chi connectivity index (χ0v) is 27.7. The van der Waals surface area contributed by atoms with Crippen molar-refractivity contribution in [1.82, 2.24) is 30.0 Å². The Hall–Kier alpha value is -3.42. The SMILES string of the molecule is C/C=C\c1c(Cl)cc2[nH]ncc2c1-c1ncc2c(N3CCC[C@]4(CCS(=O)(=O)C4)C3)nc(OC[C@@]34CCCN3C[C@H](F)C4)nc2c1F. The smallest absolute Gasteiger partial charge is 0.319 e. The number of fused-ring (bicyclic) bond motifs is 3. The Labute approximate surface area is 276 Å². The van der Waals surface area contributed by atoms with E-state index in [4.69, 9.17) is 21.3 Å². The summed E-state index contributed by atoms with van der Waals surface area (Å²) in [7, 11) is -3.13. The average molecular weight is 684 g/mol. The number of pyridine rings is 1. The van der Waals surface area contributed by atoms with Crippen LogP contribution in [0.4, 0.5) is 14.6 Å². The standard InChI is InChI=1S/C33H36ClF2N7O3S/c1-2-5-21-24(34)12-25-22(15-38-41-25)26(21)29-27(36)28-23(14-37-29)30(42-9-3-6-32(17-42)8-11-47(44,45)19-32)40-31(39-28)46-18-33-7-4-10-43(33)16-20(35)13-33/h2,5,12,14-15,20H,3-4,6-11,13,16-19H2,1H3,(H,38,41)/b5-2-/t20-,32+,33+/m1/s1. The van der Waals surface area contributed by atoms with Gasteiger partial charge in [-0.05, 0) is 51.6 Å². The van der Waals surface area contributed by atoms with E-state index in [1.165, 1.54) is 0 Å². The van der Waals surface area contributed by atoms with Crippen LogP contribution in [0.3, 0.4) is 0 Å². The highest BCUT2D eigenvalue weighted by molar-refractivity contribution is 7.91. The first-order chi connectivity index (χ1) is 22.6. The maximum absolute atomic E-state index is 17.0. The molecule has 47 heavy (non-hydrogen) atoms. The molecule has 7 heterocycles. The summed E-state index contributed by atoms with van der Waals surface area (Å²) < 4.78 is 62.9. The lowest BCUT2D eigenvalue weighted by Crippen LogP contribution is -2.45. The molecule has 4 aliphatic heterocycles. The molecule has 0 radical (unpaired) electrons. The third kappa shape index (κ3) is 5.25. The molecule has 1 spiro atoms. The van der Waals surface area contributed by atoms with Gasteiger partial charge in [-0.1, -0.05) is 23.8 Å². The number of hydrogen-bond acceptors (Lipinski definition) is 9. The van der Waals surface area contributed by atoms with Crippen molar-refractivity contribution in [3.63, 3.8) is 0 Å². The van der Waals surface area contributed by atoms with Crippen molar-refractivity contribution in [3.05, 3.63) is 40.9 Å². The molecule has 8 rings (SSSR count). The van der Waals surface area contributed by atoms with Gasteiger partial charge in [-0.15, -0.1) is 0 Å². The molecule has 4 aromatic rings. The molecule has 0 bridgehead atoms. The van der Waals surface area contributed by atoms with Crippen LogP contribution in [0.15, 0.2) is 24.5 Å². The molecule has 0 aliphatic carbocycles. The summed E-state index contributed by atoms with van der Waals surface area (Å²) >= 11 is 6.68. The number of nitrogens with one attached hydrogen (secondary N) is 1. The topological polar surface area (TPSA) is 117 Å². The first kappa shape index (κ1) is 30.9. The monoisotopic (exact) mass is 683 g/mol. The number of alkyl halides is 1. The number of halogens is 3. The Morgan fingerprint density at radius 2 is 2.02 bits per heavy atom. The van der Waals surface area contributed by atoms with Gasteiger partial charge in [0.1, 0.15) is 29.8 Å². The summed E-state index contributed by atoms with van der Waals surface area (Å²) in [5, 5.41) is 8.55. The molecule has 3 aromatic heterocycles. The van der Waals surface area contributed by atoms with E-state index in [0.29, 0.717) is 70.7 Å². The molecular weight excluding hydrogens is 648 g/mol. The Balaban J connectivity index is 1.27. The number of aromatic nitrogens is 5. The molecular formula is C33H36ClF2N7O3S. The van der Waals surface area contributed by atoms with Gasteiger partial charge >= 0.3 is 6.01 Å². The Morgan fingerprint density at radius 3 is 2.83 bits per heavy atom. The fourth-order valence-corrected chi connectivity index (χ4v) is 11.0. The normalized spacial score (nSPS) is 27.6. The van der Waals surface area contributed by atoms with E-state index in [0.717, 1.165) is 32.2 Å². The van der Waals surface area contributed by atoms with Crippen LogP contribution in [0.5, 0.6) is 6.01 Å². The molecule has 14 heteroatoms. The van der Waals surface area contributed by atoms with Crippen molar-refractivity contribution in [3.8, 4) is 17.3 Å². The van der Waals surface area contributed by atoms with Crippen molar-refractivity contribution < 1.29 is 21.9 Å². The fraction of sp³-hybridized carbons (Fsp3) is 0.515. The van der Waals surface area contributed by atoms with Crippen molar-refractivity contribution in [1.29, 1.82) is 0 Å². The number of piperidine rings is 1. The van der Waals surface area contributed by atoms with Crippen molar-refractivity contribution >= 4 is 55.1 Å². The largest absolute Gasteiger partial charge is 0.461 e. The van der Waals surface area contributed by atoms with Crippen LogP contribution in [-0.2, 0) is 9.84 Å². The lowest BCUT2D eigenvalue weighted by Gasteiger charge is -2.40. The van der Waals surface area contributed by atoms with Gasteiger partial charge in [-0.3, -0.25) is 15.0 Å². The number of allylic oxidation sites excluding steroid dienone is 1. The molecule has 1 aromatic carbocycles. The van der Waals surface area contributed by atoms with Gasteiger partial charge < -0.3 is 9.64 Å². The first-order valence-corrected chi connectivity index (χ1v) is 18.4. The Morgan fingerprint density at radius 1 is 1.17 bits per heavy atom. The van der Waals surface area contributed by atoms with Crippen LogP contribution in [-0.4, -0.2) is 94.5 Å². The van der Waals surface area contributed by atoms with Crippen LogP contribution in [0.25, 0.3) is 39.1 Å². The van der Waals surface area contributed by atoms with Crippen LogP contribution >= 0.6 is 11.6 Å². The lowest BCUT2D eigenvalue weighted by atomic mass is 9.79. The maximum atomic E-state index is 17.0. The van der Waals surface area contributed by atoms with Crippen molar-refractivity contribution in [2.75, 3.05) is 49.2 Å². The molecule has 1 N–H and O–H groups in total. The molecule has 0 amide bonds. The highest BCUT2D eigenvalue weighted by Gasteiger charge is 2.50. The number of hydrogen-bond donors (Lipinski definition) is 1. The second-order valence-corrected chi connectivity index (χ2v) is 16.3. The van der Waals surface area contributed by atoms with Gasteiger partial charge in [0.25, 0.3) is 0 Å². The van der Waals surface area contributed by atoms with E-state index in [2.05, 4.69) is 25.1 Å². The molecule has 0 saturated carbocycles.